The van der Waals surface area contributed by atoms with Gasteiger partial charge in [0, 0.05) is 23.2 Å². The predicted octanol–water partition coefficient (Wildman–Crippen LogP) is 3.20. The summed E-state index contributed by atoms with van der Waals surface area (Å²) in [5.41, 5.74) is 0.477. The molecule has 0 radical (unpaired) electrons. The molecule has 7 nitrogen and oxygen atoms in total. The van der Waals surface area contributed by atoms with Crippen molar-refractivity contribution >= 4 is 35.2 Å². The second kappa shape index (κ2) is 10.5. The van der Waals surface area contributed by atoms with Crippen molar-refractivity contribution < 1.29 is 9.59 Å². The first-order valence-electron chi connectivity index (χ1n) is 9.55. The van der Waals surface area contributed by atoms with E-state index < -0.39 is 0 Å². The van der Waals surface area contributed by atoms with Crippen LogP contribution in [0.25, 0.3) is 0 Å². The van der Waals surface area contributed by atoms with Gasteiger partial charge < -0.3 is 15.2 Å². The number of allylic oxidation sites excluding steroid dienone is 1. The number of halogens is 1. The third kappa shape index (κ3) is 6.08. The van der Waals surface area contributed by atoms with Crippen LogP contribution in [0.15, 0.2) is 42.1 Å². The first-order chi connectivity index (χ1) is 14.1. The molecule has 1 aromatic heterocycles. The first kappa shape index (κ1) is 21.4. The van der Waals surface area contributed by atoms with E-state index in [-0.39, 0.29) is 24.1 Å². The molecule has 154 valence electrons. The van der Waals surface area contributed by atoms with Crippen LogP contribution in [-0.2, 0) is 17.9 Å². The van der Waals surface area contributed by atoms with Crippen LogP contribution in [0.2, 0.25) is 5.02 Å². The number of amides is 2. The largest absolute Gasteiger partial charge is 0.353 e. The van der Waals surface area contributed by atoms with Gasteiger partial charge in [0.1, 0.15) is 0 Å². The van der Waals surface area contributed by atoms with Crippen molar-refractivity contribution in [2.45, 2.75) is 50.0 Å². The summed E-state index contributed by atoms with van der Waals surface area (Å²) in [5, 5.41) is 15.4. The lowest BCUT2D eigenvalue weighted by Crippen LogP contribution is -2.33. The number of carbonyl (C=O) groups excluding carboxylic acids is 2. The molecular formula is C20H24ClN5O2S. The normalized spacial score (nSPS) is 14.0. The van der Waals surface area contributed by atoms with Crippen LogP contribution in [0.5, 0.6) is 0 Å². The maximum Gasteiger partial charge on any atom is 0.251 e. The van der Waals surface area contributed by atoms with Crippen LogP contribution in [0.4, 0.5) is 0 Å². The molecule has 0 bridgehead atoms. The number of carbonyl (C=O) groups is 2. The molecule has 1 heterocycles. The summed E-state index contributed by atoms with van der Waals surface area (Å²) in [6.07, 6.45) is 6.19. The van der Waals surface area contributed by atoms with Gasteiger partial charge in [-0.05, 0) is 31.0 Å². The van der Waals surface area contributed by atoms with Gasteiger partial charge in [0.05, 0.1) is 12.3 Å². The number of hydrogen-bond donors (Lipinski definition) is 2. The quantitative estimate of drug-likeness (QED) is 0.468. The average Bonchev–Trinajstić information content (AvgIpc) is 3.35. The van der Waals surface area contributed by atoms with Gasteiger partial charge in [-0.1, -0.05) is 48.3 Å². The Hall–Kier alpha value is -2.32. The van der Waals surface area contributed by atoms with Gasteiger partial charge in [-0.25, -0.2) is 0 Å². The van der Waals surface area contributed by atoms with E-state index in [0.29, 0.717) is 34.2 Å². The lowest BCUT2D eigenvalue weighted by Gasteiger charge is -2.12. The zero-order valence-corrected chi connectivity index (χ0v) is 17.6. The van der Waals surface area contributed by atoms with E-state index in [0.717, 1.165) is 12.8 Å². The van der Waals surface area contributed by atoms with E-state index in [1.54, 1.807) is 30.3 Å². The molecule has 1 fully saturated rings. The third-order valence-corrected chi connectivity index (χ3v) is 5.85. The fourth-order valence-corrected chi connectivity index (χ4v) is 4.20. The molecule has 1 aromatic carbocycles. The van der Waals surface area contributed by atoms with Crippen LogP contribution >= 0.6 is 23.4 Å². The molecule has 0 atom stereocenters. The Kier molecular flexibility index (Phi) is 7.71. The Balaban J connectivity index is 1.58. The summed E-state index contributed by atoms with van der Waals surface area (Å²) in [6, 6.07) is 7.04. The van der Waals surface area contributed by atoms with Gasteiger partial charge in [-0.2, -0.15) is 0 Å². The molecule has 0 aliphatic heterocycles. The monoisotopic (exact) mass is 433 g/mol. The highest BCUT2D eigenvalue weighted by atomic mass is 35.5. The summed E-state index contributed by atoms with van der Waals surface area (Å²) in [4.78, 5) is 24.5. The molecule has 29 heavy (non-hydrogen) atoms. The van der Waals surface area contributed by atoms with Crippen LogP contribution in [0, 0.1) is 0 Å². The van der Waals surface area contributed by atoms with Crippen molar-refractivity contribution in [3.8, 4) is 0 Å². The standard InChI is InChI=1S/C20H24ClN5O2S/c1-2-10-26-17(12-22-19(28)14-6-5-7-15(21)11-14)24-25-20(26)29-13-18(27)23-16-8-3-4-9-16/h2,5-7,11,16H,1,3-4,8-10,12-13H2,(H,22,28)(H,23,27). The van der Waals surface area contributed by atoms with Crippen molar-refractivity contribution in [1.29, 1.82) is 0 Å². The molecule has 0 unspecified atom stereocenters. The Labute approximate surface area is 179 Å². The predicted molar refractivity (Wildman–Crippen MR) is 114 cm³/mol. The summed E-state index contributed by atoms with van der Waals surface area (Å²) >= 11 is 7.27. The van der Waals surface area contributed by atoms with Crippen molar-refractivity contribution in [3.63, 3.8) is 0 Å². The van der Waals surface area contributed by atoms with Crippen molar-refractivity contribution in [2.24, 2.45) is 0 Å². The highest BCUT2D eigenvalue weighted by molar-refractivity contribution is 7.99. The number of nitrogens with one attached hydrogen (secondary N) is 2. The van der Waals surface area contributed by atoms with Gasteiger partial charge >= 0.3 is 0 Å². The Bertz CT molecular complexity index is 880. The fraction of sp³-hybridized carbons (Fsp3) is 0.400. The number of hydrogen-bond acceptors (Lipinski definition) is 5. The Morgan fingerprint density at radius 3 is 2.83 bits per heavy atom. The van der Waals surface area contributed by atoms with Gasteiger partial charge in [-0.3, -0.25) is 9.59 Å². The van der Waals surface area contributed by atoms with E-state index in [1.807, 2.05) is 4.57 Å². The number of thioether (sulfide) groups is 1. The van der Waals surface area contributed by atoms with Gasteiger partial charge in [0.2, 0.25) is 5.91 Å². The fourth-order valence-electron chi connectivity index (χ4n) is 3.23. The molecule has 2 N–H and O–H groups in total. The maximum atomic E-state index is 12.3. The zero-order valence-electron chi connectivity index (χ0n) is 16.1. The van der Waals surface area contributed by atoms with Crippen LogP contribution in [0.3, 0.4) is 0 Å². The average molecular weight is 434 g/mol. The van der Waals surface area contributed by atoms with Crippen LogP contribution in [-0.4, -0.2) is 38.4 Å². The minimum atomic E-state index is -0.245. The number of nitrogens with zero attached hydrogens (tertiary/aromatic N) is 3. The molecule has 0 spiro atoms. The second-order valence-corrected chi connectivity index (χ2v) is 8.21. The summed E-state index contributed by atoms with van der Waals surface area (Å²) < 4.78 is 1.85. The minimum absolute atomic E-state index is 0.00543. The van der Waals surface area contributed by atoms with Gasteiger partial charge in [0.25, 0.3) is 5.91 Å². The van der Waals surface area contributed by atoms with Gasteiger partial charge in [0.15, 0.2) is 11.0 Å². The highest BCUT2D eigenvalue weighted by Gasteiger charge is 2.19. The molecule has 1 saturated carbocycles. The molecule has 9 heteroatoms. The second-order valence-electron chi connectivity index (χ2n) is 6.83. The van der Waals surface area contributed by atoms with Crippen LogP contribution in [0.1, 0.15) is 41.9 Å². The number of aromatic nitrogens is 3. The molecule has 2 amide bonds. The molecule has 0 saturated heterocycles. The minimum Gasteiger partial charge on any atom is -0.353 e. The molecule has 2 aromatic rings. The Morgan fingerprint density at radius 1 is 1.31 bits per heavy atom. The maximum absolute atomic E-state index is 12.3. The zero-order chi connectivity index (χ0) is 20.6. The summed E-state index contributed by atoms with van der Waals surface area (Å²) in [5.74, 6) is 0.635. The lowest BCUT2D eigenvalue weighted by molar-refractivity contribution is -0.119. The first-order valence-corrected chi connectivity index (χ1v) is 10.9. The van der Waals surface area contributed by atoms with Crippen molar-refractivity contribution in [2.75, 3.05) is 5.75 Å². The number of rotatable bonds is 9. The van der Waals surface area contributed by atoms with E-state index in [9.17, 15) is 9.59 Å². The molecule has 1 aliphatic rings. The third-order valence-electron chi connectivity index (χ3n) is 4.65. The SMILES string of the molecule is C=CCn1c(CNC(=O)c2cccc(Cl)c2)nnc1SCC(=O)NC1CCCC1. The van der Waals surface area contributed by atoms with E-state index in [2.05, 4.69) is 27.4 Å². The van der Waals surface area contributed by atoms with Gasteiger partial charge in [-0.15, -0.1) is 16.8 Å². The molecule has 3 rings (SSSR count). The Morgan fingerprint density at radius 2 is 2.10 bits per heavy atom. The van der Waals surface area contributed by atoms with Crippen molar-refractivity contribution in [3.05, 3.63) is 53.3 Å². The summed E-state index contributed by atoms with van der Waals surface area (Å²) in [7, 11) is 0. The van der Waals surface area contributed by atoms with E-state index >= 15 is 0 Å². The van der Waals surface area contributed by atoms with E-state index in [1.165, 1.54) is 24.6 Å². The topological polar surface area (TPSA) is 88.9 Å². The molecule has 1 aliphatic carbocycles. The highest BCUT2D eigenvalue weighted by Crippen LogP contribution is 2.20. The van der Waals surface area contributed by atoms with Crippen LogP contribution < -0.4 is 10.6 Å². The summed E-state index contributed by atoms with van der Waals surface area (Å²) in [6.45, 7) is 4.46. The van der Waals surface area contributed by atoms with Crippen molar-refractivity contribution in [1.82, 2.24) is 25.4 Å². The molecular weight excluding hydrogens is 410 g/mol. The smallest absolute Gasteiger partial charge is 0.251 e. The number of benzene rings is 1. The van der Waals surface area contributed by atoms with E-state index in [4.69, 9.17) is 11.6 Å². The lowest BCUT2D eigenvalue weighted by atomic mass is 10.2.